The van der Waals surface area contributed by atoms with Crippen LogP contribution in [-0.4, -0.2) is 56.2 Å². The third-order valence-corrected chi connectivity index (χ3v) is 4.86. The molecule has 1 N–H and O–H groups in total. The van der Waals surface area contributed by atoms with E-state index >= 15 is 0 Å². The Hall–Kier alpha value is -2.44. The summed E-state index contributed by atoms with van der Waals surface area (Å²) in [5, 5.41) is 3.56. The molecule has 0 spiro atoms. The summed E-state index contributed by atoms with van der Waals surface area (Å²) in [6, 6.07) is 13.0. The van der Waals surface area contributed by atoms with Crippen molar-refractivity contribution >= 4 is 23.3 Å². The maximum Gasteiger partial charge on any atom is 0.321 e. The molecule has 0 atom stereocenters. The van der Waals surface area contributed by atoms with Crippen LogP contribution >= 0.6 is 11.6 Å². The van der Waals surface area contributed by atoms with Crippen molar-refractivity contribution in [1.82, 2.24) is 9.80 Å². The molecule has 1 fully saturated rings. The summed E-state index contributed by atoms with van der Waals surface area (Å²) >= 11 is 5.87. The van der Waals surface area contributed by atoms with Crippen LogP contribution in [0.5, 0.6) is 11.5 Å². The number of nitrogens with one attached hydrogen (secondary N) is 1. The van der Waals surface area contributed by atoms with Gasteiger partial charge in [0.15, 0.2) is 11.5 Å². The normalized spacial score (nSPS) is 14.7. The van der Waals surface area contributed by atoms with Gasteiger partial charge in [0.2, 0.25) is 0 Å². The zero-order valence-electron chi connectivity index (χ0n) is 15.6. The van der Waals surface area contributed by atoms with Crippen molar-refractivity contribution in [2.24, 2.45) is 0 Å². The third-order valence-electron chi connectivity index (χ3n) is 4.61. The zero-order valence-corrected chi connectivity index (χ0v) is 16.3. The number of nitrogens with zero attached hydrogens (tertiary/aromatic N) is 2. The van der Waals surface area contributed by atoms with Gasteiger partial charge >= 0.3 is 6.03 Å². The van der Waals surface area contributed by atoms with E-state index in [0.717, 1.165) is 42.4 Å². The van der Waals surface area contributed by atoms with Crippen LogP contribution < -0.4 is 14.8 Å². The van der Waals surface area contributed by atoms with E-state index in [0.29, 0.717) is 18.1 Å². The van der Waals surface area contributed by atoms with Gasteiger partial charge in [-0.3, -0.25) is 4.90 Å². The highest BCUT2D eigenvalue weighted by atomic mass is 35.5. The summed E-state index contributed by atoms with van der Waals surface area (Å²) in [5.74, 6) is 1.46. The fourth-order valence-corrected chi connectivity index (χ4v) is 3.21. The van der Waals surface area contributed by atoms with Gasteiger partial charge in [-0.05, 0) is 42.0 Å². The highest BCUT2D eigenvalue weighted by Gasteiger charge is 2.21. The van der Waals surface area contributed by atoms with Crippen molar-refractivity contribution in [1.29, 1.82) is 0 Å². The van der Waals surface area contributed by atoms with Crippen LogP contribution in [-0.2, 0) is 6.54 Å². The molecule has 0 aromatic heterocycles. The number of amides is 2. The zero-order chi connectivity index (χ0) is 19.2. The minimum atomic E-state index is -0.0805. The lowest BCUT2D eigenvalue weighted by Gasteiger charge is -2.34. The van der Waals surface area contributed by atoms with E-state index in [1.165, 1.54) is 0 Å². The maximum absolute atomic E-state index is 12.4. The SMILES string of the molecule is COc1ccc(CN2CCN(C(=O)Nc3ccc(Cl)cc3)CC2)cc1OC. The first-order valence-electron chi connectivity index (χ1n) is 8.84. The lowest BCUT2D eigenvalue weighted by molar-refractivity contribution is 0.143. The van der Waals surface area contributed by atoms with Gasteiger partial charge in [0.1, 0.15) is 0 Å². The smallest absolute Gasteiger partial charge is 0.321 e. The molecule has 0 unspecified atom stereocenters. The standard InChI is InChI=1S/C20H24ClN3O3/c1-26-18-8-3-15(13-19(18)27-2)14-23-9-11-24(12-10-23)20(25)22-17-6-4-16(21)5-7-17/h3-8,13H,9-12,14H2,1-2H3,(H,22,25). The Labute approximate surface area is 164 Å². The molecular weight excluding hydrogens is 366 g/mol. The molecule has 27 heavy (non-hydrogen) atoms. The Balaban J connectivity index is 1.51. The van der Waals surface area contributed by atoms with Crippen molar-refractivity contribution in [3.05, 3.63) is 53.1 Å². The molecular formula is C20H24ClN3O3. The van der Waals surface area contributed by atoms with Gasteiger partial charge in [0.05, 0.1) is 14.2 Å². The van der Waals surface area contributed by atoms with E-state index in [4.69, 9.17) is 21.1 Å². The Morgan fingerprint density at radius 1 is 1.00 bits per heavy atom. The van der Waals surface area contributed by atoms with E-state index < -0.39 is 0 Å². The number of piperazine rings is 1. The minimum absolute atomic E-state index is 0.0805. The number of rotatable bonds is 5. The summed E-state index contributed by atoms with van der Waals surface area (Å²) in [5.41, 5.74) is 1.91. The van der Waals surface area contributed by atoms with Crippen LogP contribution in [0.3, 0.4) is 0 Å². The fraction of sp³-hybridized carbons (Fsp3) is 0.350. The van der Waals surface area contributed by atoms with Gasteiger partial charge in [-0.25, -0.2) is 4.79 Å². The van der Waals surface area contributed by atoms with E-state index in [1.54, 1.807) is 38.5 Å². The lowest BCUT2D eigenvalue weighted by Crippen LogP contribution is -2.49. The first-order valence-corrected chi connectivity index (χ1v) is 9.21. The van der Waals surface area contributed by atoms with Crippen molar-refractivity contribution in [2.45, 2.75) is 6.54 Å². The van der Waals surface area contributed by atoms with Crippen LogP contribution in [0.2, 0.25) is 5.02 Å². The number of ether oxygens (including phenoxy) is 2. The summed E-state index contributed by atoms with van der Waals surface area (Å²) in [6.45, 7) is 3.83. The number of carbonyl (C=O) groups excluding carboxylic acids is 1. The molecule has 2 aromatic rings. The second-order valence-electron chi connectivity index (χ2n) is 6.39. The Morgan fingerprint density at radius 3 is 2.30 bits per heavy atom. The summed E-state index contributed by atoms with van der Waals surface area (Å²) in [7, 11) is 3.27. The number of urea groups is 1. The first-order chi connectivity index (χ1) is 13.1. The van der Waals surface area contributed by atoms with Crippen molar-refractivity contribution in [3.8, 4) is 11.5 Å². The van der Waals surface area contributed by atoms with Gasteiger partial charge in [0, 0.05) is 43.4 Å². The van der Waals surface area contributed by atoms with Gasteiger partial charge in [-0.1, -0.05) is 17.7 Å². The molecule has 0 saturated carbocycles. The second kappa shape index (κ2) is 8.97. The van der Waals surface area contributed by atoms with Crippen LogP contribution in [0.25, 0.3) is 0 Å². The second-order valence-corrected chi connectivity index (χ2v) is 6.83. The van der Waals surface area contributed by atoms with Gasteiger partial charge < -0.3 is 19.7 Å². The van der Waals surface area contributed by atoms with E-state index in [-0.39, 0.29) is 6.03 Å². The summed E-state index contributed by atoms with van der Waals surface area (Å²) in [4.78, 5) is 16.6. The van der Waals surface area contributed by atoms with E-state index in [9.17, 15) is 4.79 Å². The number of anilines is 1. The Bertz CT molecular complexity index is 775. The molecule has 6 nitrogen and oxygen atoms in total. The average Bonchev–Trinajstić information content (AvgIpc) is 2.70. The van der Waals surface area contributed by atoms with Crippen LogP contribution in [0.1, 0.15) is 5.56 Å². The van der Waals surface area contributed by atoms with Crippen LogP contribution in [0, 0.1) is 0 Å². The predicted molar refractivity (Wildman–Crippen MR) is 107 cm³/mol. The average molecular weight is 390 g/mol. The Kier molecular flexibility index (Phi) is 6.42. The molecule has 1 aliphatic rings. The quantitative estimate of drug-likeness (QED) is 0.847. The largest absolute Gasteiger partial charge is 0.493 e. The topological polar surface area (TPSA) is 54.0 Å². The number of carbonyl (C=O) groups is 1. The molecule has 3 rings (SSSR count). The molecule has 0 bridgehead atoms. The number of methoxy groups -OCH3 is 2. The monoisotopic (exact) mass is 389 g/mol. The predicted octanol–water partition coefficient (Wildman–Crippen LogP) is 3.71. The molecule has 2 amide bonds. The summed E-state index contributed by atoms with van der Waals surface area (Å²) in [6.07, 6.45) is 0. The number of halogens is 1. The molecule has 0 aliphatic carbocycles. The van der Waals surface area contributed by atoms with Gasteiger partial charge in [-0.2, -0.15) is 0 Å². The molecule has 2 aromatic carbocycles. The van der Waals surface area contributed by atoms with Crippen LogP contribution in [0.15, 0.2) is 42.5 Å². The first kappa shape index (κ1) is 19.3. The van der Waals surface area contributed by atoms with Crippen LogP contribution in [0.4, 0.5) is 10.5 Å². The maximum atomic E-state index is 12.4. The molecule has 1 heterocycles. The number of hydrogen-bond acceptors (Lipinski definition) is 4. The number of hydrogen-bond donors (Lipinski definition) is 1. The van der Waals surface area contributed by atoms with Gasteiger partial charge in [0.25, 0.3) is 0 Å². The summed E-state index contributed by atoms with van der Waals surface area (Å²) < 4.78 is 10.6. The van der Waals surface area contributed by atoms with Crippen molar-refractivity contribution in [3.63, 3.8) is 0 Å². The molecule has 144 valence electrons. The van der Waals surface area contributed by atoms with E-state index in [1.807, 2.05) is 23.1 Å². The number of benzene rings is 2. The molecule has 0 radical (unpaired) electrons. The Morgan fingerprint density at radius 2 is 1.67 bits per heavy atom. The molecule has 7 heteroatoms. The highest BCUT2D eigenvalue weighted by Crippen LogP contribution is 2.28. The molecule has 1 aliphatic heterocycles. The fourth-order valence-electron chi connectivity index (χ4n) is 3.08. The van der Waals surface area contributed by atoms with Gasteiger partial charge in [-0.15, -0.1) is 0 Å². The minimum Gasteiger partial charge on any atom is -0.493 e. The third kappa shape index (κ3) is 5.05. The molecule has 1 saturated heterocycles. The lowest BCUT2D eigenvalue weighted by atomic mass is 10.1. The van der Waals surface area contributed by atoms with E-state index in [2.05, 4.69) is 10.2 Å². The highest BCUT2D eigenvalue weighted by molar-refractivity contribution is 6.30. The van der Waals surface area contributed by atoms with Crippen molar-refractivity contribution < 1.29 is 14.3 Å². The van der Waals surface area contributed by atoms with Crippen molar-refractivity contribution in [2.75, 3.05) is 45.7 Å².